The highest BCUT2D eigenvalue weighted by atomic mass is 16.4. The fourth-order valence-electron chi connectivity index (χ4n) is 4.76. The Bertz CT molecular complexity index is 434. The molecule has 4 nitrogen and oxygen atoms in total. The Labute approximate surface area is 133 Å². The van der Waals surface area contributed by atoms with E-state index in [2.05, 4.69) is 6.92 Å². The third-order valence-corrected chi connectivity index (χ3v) is 6.39. The fraction of sp³-hybridized carbons (Fsp3) is 0.889. The van der Waals surface area contributed by atoms with Crippen molar-refractivity contribution in [3.63, 3.8) is 0 Å². The molecule has 3 fully saturated rings. The molecule has 1 amide bonds. The number of hydrogen-bond acceptors (Lipinski definition) is 2. The average Bonchev–Trinajstić information content (AvgIpc) is 3.22. The van der Waals surface area contributed by atoms with Gasteiger partial charge in [0, 0.05) is 19.0 Å². The minimum Gasteiger partial charge on any atom is -0.481 e. The number of amides is 1. The van der Waals surface area contributed by atoms with Gasteiger partial charge < -0.3 is 10.0 Å². The van der Waals surface area contributed by atoms with Crippen molar-refractivity contribution in [2.24, 2.45) is 23.2 Å². The third-order valence-electron chi connectivity index (χ3n) is 6.39. The highest BCUT2D eigenvalue weighted by Crippen LogP contribution is 2.59. The smallest absolute Gasteiger partial charge is 0.307 e. The van der Waals surface area contributed by atoms with Crippen molar-refractivity contribution in [2.75, 3.05) is 13.1 Å². The summed E-state index contributed by atoms with van der Waals surface area (Å²) < 4.78 is 0. The third kappa shape index (κ3) is 3.16. The van der Waals surface area contributed by atoms with Crippen molar-refractivity contribution in [3.8, 4) is 0 Å². The molecule has 124 valence electrons. The van der Waals surface area contributed by atoms with Crippen molar-refractivity contribution in [3.05, 3.63) is 0 Å². The summed E-state index contributed by atoms with van der Waals surface area (Å²) in [6.45, 7) is 3.60. The number of piperidine rings is 1. The molecule has 1 N–H and O–H groups in total. The van der Waals surface area contributed by atoms with E-state index in [4.69, 9.17) is 5.11 Å². The Balaban J connectivity index is 1.46. The summed E-state index contributed by atoms with van der Waals surface area (Å²) in [6, 6.07) is 0. The van der Waals surface area contributed by atoms with E-state index >= 15 is 0 Å². The van der Waals surface area contributed by atoms with Crippen LogP contribution in [0.4, 0.5) is 0 Å². The van der Waals surface area contributed by atoms with Gasteiger partial charge in [0.2, 0.25) is 5.91 Å². The summed E-state index contributed by atoms with van der Waals surface area (Å²) in [4.78, 5) is 25.7. The molecular formula is C18H29NO3. The number of carboxylic acids is 1. The summed E-state index contributed by atoms with van der Waals surface area (Å²) in [5.74, 6) is 0.373. The van der Waals surface area contributed by atoms with E-state index in [1.807, 2.05) is 4.90 Å². The van der Waals surface area contributed by atoms with Gasteiger partial charge in [0.05, 0.1) is 5.92 Å². The van der Waals surface area contributed by atoms with Gasteiger partial charge in [-0.15, -0.1) is 0 Å². The molecule has 2 atom stereocenters. The van der Waals surface area contributed by atoms with Gasteiger partial charge in [0.15, 0.2) is 0 Å². The first-order chi connectivity index (χ1) is 10.5. The molecule has 0 aromatic rings. The number of carbonyl (C=O) groups excluding carboxylic acids is 1. The molecule has 0 bridgehead atoms. The minimum atomic E-state index is -0.648. The Morgan fingerprint density at radius 2 is 1.82 bits per heavy atom. The summed E-state index contributed by atoms with van der Waals surface area (Å²) >= 11 is 0. The second kappa shape index (κ2) is 6.21. The van der Waals surface area contributed by atoms with Crippen molar-refractivity contribution >= 4 is 11.9 Å². The van der Waals surface area contributed by atoms with Crippen LogP contribution in [0.1, 0.15) is 64.7 Å². The summed E-state index contributed by atoms with van der Waals surface area (Å²) in [5.41, 5.74) is 0.0230. The molecule has 1 spiro atoms. The maximum Gasteiger partial charge on any atom is 0.307 e. The number of hydrogen-bond donors (Lipinski definition) is 1. The van der Waals surface area contributed by atoms with Gasteiger partial charge in [-0.3, -0.25) is 9.59 Å². The van der Waals surface area contributed by atoms with Gasteiger partial charge in [0.25, 0.3) is 0 Å². The number of likely N-dealkylation sites (tertiary alicyclic amines) is 1. The van der Waals surface area contributed by atoms with Crippen LogP contribution < -0.4 is 0 Å². The number of carboxylic acid groups (broad SMARTS) is 1. The molecule has 22 heavy (non-hydrogen) atoms. The van der Waals surface area contributed by atoms with E-state index in [1.54, 1.807) is 0 Å². The van der Waals surface area contributed by atoms with Crippen LogP contribution in [0, 0.1) is 23.2 Å². The maximum absolute atomic E-state index is 12.6. The van der Waals surface area contributed by atoms with Crippen LogP contribution in [-0.2, 0) is 9.59 Å². The molecule has 1 saturated heterocycles. The zero-order chi connectivity index (χ0) is 15.7. The topological polar surface area (TPSA) is 57.6 Å². The van der Waals surface area contributed by atoms with Crippen LogP contribution in [0.25, 0.3) is 0 Å². The van der Waals surface area contributed by atoms with Crippen LogP contribution >= 0.6 is 0 Å². The van der Waals surface area contributed by atoms with Gasteiger partial charge in [-0.2, -0.15) is 0 Å². The fourth-order valence-corrected chi connectivity index (χ4v) is 4.76. The van der Waals surface area contributed by atoms with Crippen LogP contribution in [-0.4, -0.2) is 35.0 Å². The van der Waals surface area contributed by atoms with Gasteiger partial charge in [-0.05, 0) is 37.0 Å². The second-order valence-electron chi connectivity index (χ2n) is 7.92. The summed E-state index contributed by atoms with van der Waals surface area (Å²) in [6.07, 6.45) is 10.2. The van der Waals surface area contributed by atoms with Crippen LogP contribution in [0.5, 0.6) is 0 Å². The van der Waals surface area contributed by atoms with Crippen molar-refractivity contribution in [2.45, 2.75) is 64.7 Å². The Morgan fingerprint density at radius 3 is 2.36 bits per heavy atom. The Morgan fingerprint density at radius 1 is 1.18 bits per heavy atom. The van der Waals surface area contributed by atoms with E-state index in [1.165, 1.54) is 32.1 Å². The predicted octanol–water partition coefficient (Wildman–Crippen LogP) is 3.31. The first-order valence-electron chi connectivity index (χ1n) is 9.03. The molecule has 1 aliphatic heterocycles. The normalized spacial score (nSPS) is 29.3. The predicted molar refractivity (Wildman–Crippen MR) is 84.3 cm³/mol. The Kier molecular flexibility index (Phi) is 4.47. The first kappa shape index (κ1) is 15.8. The SMILES string of the molecule is CC(CC1CCCCC1)C(=O)N1CCC2(CC1)CC2C(=O)O. The molecule has 4 heteroatoms. The molecule has 0 radical (unpaired) electrons. The number of rotatable bonds is 4. The summed E-state index contributed by atoms with van der Waals surface area (Å²) in [7, 11) is 0. The van der Waals surface area contributed by atoms with Gasteiger partial charge in [-0.25, -0.2) is 0 Å². The highest BCUT2D eigenvalue weighted by molar-refractivity contribution is 5.79. The van der Waals surface area contributed by atoms with E-state index < -0.39 is 5.97 Å². The van der Waals surface area contributed by atoms with Crippen LogP contribution in [0.15, 0.2) is 0 Å². The van der Waals surface area contributed by atoms with Crippen LogP contribution in [0.2, 0.25) is 0 Å². The number of nitrogens with zero attached hydrogens (tertiary/aromatic N) is 1. The van der Waals surface area contributed by atoms with Crippen molar-refractivity contribution in [1.29, 1.82) is 0 Å². The average molecular weight is 307 g/mol. The molecule has 3 aliphatic rings. The molecule has 2 aliphatic carbocycles. The van der Waals surface area contributed by atoms with E-state index in [0.717, 1.165) is 44.7 Å². The highest BCUT2D eigenvalue weighted by Gasteiger charge is 2.59. The molecular weight excluding hydrogens is 278 g/mol. The molecule has 1 heterocycles. The van der Waals surface area contributed by atoms with Crippen molar-refractivity contribution in [1.82, 2.24) is 4.90 Å². The lowest BCUT2D eigenvalue weighted by Crippen LogP contribution is -2.42. The second-order valence-corrected chi connectivity index (χ2v) is 7.92. The van der Waals surface area contributed by atoms with E-state index in [-0.39, 0.29) is 17.3 Å². The van der Waals surface area contributed by atoms with Gasteiger partial charge in [0.1, 0.15) is 0 Å². The summed E-state index contributed by atoms with van der Waals surface area (Å²) in [5, 5.41) is 9.14. The quantitative estimate of drug-likeness (QED) is 0.867. The van der Waals surface area contributed by atoms with Crippen molar-refractivity contribution < 1.29 is 14.7 Å². The maximum atomic E-state index is 12.6. The monoisotopic (exact) mass is 307 g/mol. The van der Waals surface area contributed by atoms with Gasteiger partial charge >= 0.3 is 5.97 Å². The minimum absolute atomic E-state index is 0.0230. The molecule has 0 aromatic heterocycles. The molecule has 0 aromatic carbocycles. The van der Waals surface area contributed by atoms with E-state index in [0.29, 0.717) is 5.91 Å². The standard InChI is InChI=1S/C18H29NO3/c1-13(11-14-5-3-2-4-6-14)16(20)19-9-7-18(8-10-19)12-15(18)17(21)22/h13-15H,2-12H2,1H3,(H,21,22). The first-order valence-corrected chi connectivity index (χ1v) is 9.03. The van der Waals surface area contributed by atoms with E-state index in [9.17, 15) is 9.59 Å². The Hall–Kier alpha value is -1.06. The van der Waals surface area contributed by atoms with Crippen LogP contribution in [0.3, 0.4) is 0 Å². The number of carbonyl (C=O) groups is 2. The zero-order valence-electron chi connectivity index (χ0n) is 13.7. The largest absolute Gasteiger partial charge is 0.481 e. The zero-order valence-corrected chi connectivity index (χ0v) is 13.7. The molecule has 2 saturated carbocycles. The molecule has 3 rings (SSSR count). The molecule has 2 unspecified atom stereocenters. The lowest BCUT2D eigenvalue weighted by atomic mass is 9.82. The lowest BCUT2D eigenvalue weighted by molar-refractivity contribution is -0.140. The van der Waals surface area contributed by atoms with Gasteiger partial charge in [-0.1, -0.05) is 39.0 Å². The number of aliphatic carboxylic acids is 1. The lowest BCUT2D eigenvalue weighted by Gasteiger charge is -2.35.